The van der Waals surface area contributed by atoms with Gasteiger partial charge in [0.05, 0.1) is 12.7 Å². The second-order valence-electron chi connectivity index (χ2n) is 4.88. The number of benzene rings is 1. The molecule has 1 heterocycles. The minimum atomic E-state index is -4.30. The topological polar surface area (TPSA) is 132 Å². The van der Waals surface area contributed by atoms with E-state index in [2.05, 4.69) is 20.1 Å². The number of hydrogen-bond donors (Lipinski definition) is 2. The van der Waals surface area contributed by atoms with Crippen molar-refractivity contribution in [2.45, 2.75) is 18.2 Å². The van der Waals surface area contributed by atoms with Crippen molar-refractivity contribution in [3.05, 3.63) is 35.7 Å². The average molecular weight is 367 g/mol. The van der Waals surface area contributed by atoms with Crippen molar-refractivity contribution in [1.29, 1.82) is 0 Å². The van der Waals surface area contributed by atoms with Crippen LogP contribution in [0.15, 0.2) is 29.2 Å². The number of carbonyl (C=O) groups excluding carboxylic acids is 2. The number of methoxy groups -OCH3 is 1. The van der Waals surface area contributed by atoms with Gasteiger partial charge in [-0.2, -0.15) is 4.98 Å². The van der Waals surface area contributed by atoms with Crippen LogP contribution in [0.2, 0.25) is 0 Å². The summed E-state index contributed by atoms with van der Waals surface area (Å²) < 4.78 is 32.6. The van der Waals surface area contributed by atoms with Crippen molar-refractivity contribution in [2.24, 2.45) is 7.05 Å². The zero-order valence-corrected chi connectivity index (χ0v) is 14.6. The molecule has 0 aliphatic heterocycles. The molecule has 11 heteroatoms. The summed E-state index contributed by atoms with van der Waals surface area (Å²) in [6, 6.07) is 4.33. The van der Waals surface area contributed by atoms with E-state index < -0.39 is 22.0 Å². The summed E-state index contributed by atoms with van der Waals surface area (Å²) >= 11 is 0. The number of aryl methyl sites for hydroxylation is 2. The van der Waals surface area contributed by atoms with Gasteiger partial charge in [0.1, 0.15) is 10.7 Å². The Kier molecular flexibility index (Phi) is 5.37. The molecule has 0 aliphatic rings. The van der Waals surface area contributed by atoms with Crippen LogP contribution in [0.25, 0.3) is 0 Å². The van der Waals surface area contributed by atoms with E-state index in [1.807, 2.05) is 11.6 Å². The zero-order valence-electron chi connectivity index (χ0n) is 13.8. The maximum absolute atomic E-state index is 12.4. The molecule has 134 valence electrons. The minimum absolute atomic E-state index is 0.0340. The highest BCUT2D eigenvalue weighted by Gasteiger charge is 2.25. The van der Waals surface area contributed by atoms with Crippen molar-refractivity contribution in [3.8, 4) is 0 Å². The Hall–Kier alpha value is -2.95. The summed E-state index contributed by atoms with van der Waals surface area (Å²) in [5.74, 6) is -0.247. The molecule has 2 rings (SSSR count). The number of sulfonamides is 1. The Bertz CT molecular complexity index is 906. The summed E-state index contributed by atoms with van der Waals surface area (Å²) in [5, 5.41) is 6.19. The molecule has 0 saturated carbocycles. The van der Waals surface area contributed by atoms with Crippen molar-refractivity contribution < 1.29 is 22.7 Å². The molecule has 0 unspecified atom stereocenters. The van der Waals surface area contributed by atoms with Crippen molar-refractivity contribution in [1.82, 2.24) is 19.5 Å². The Morgan fingerprint density at radius 1 is 1.28 bits per heavy atom. The summed E-state index contributed by atoms with van der Waals surface area (Å²) in [5.41, 5.74) is -0.186. The number of carbonyl (C=O) groups is 2. The molecular weight excluding hydrogens is 350 g/mol. The SMILES string of the molecule is CCc1nc(NC(=O)NS(=O)(=O)c2ccccc2C(=O)OC)nn1C. The van der Waals surface area contributed by atoms with E-state index in [0.717, 1.165) is 7.11 Å². The fourth-order valence-corrected chi connectivity index (χ4v) is 3.16. The number of nitrogens with zero attached hydrogens (tertiary/aromatic N) is 3. The van der Waals surface area contributed by atoms with Gasteiger partial charge in [-0.3, -0.25) is 10.00 Å². The highest BCUT2D eigenvalue weighted by Crippen LogP contribution is 2.16. The number of esters is 1. The average Bonchev–Trinajstić information content (AvgIpc) is 2.92. The molecule has 2 amide bonds. The third-order valence-electron chi connectivity index (χ3n) is 3.20. The van der Waals surface area contributed by atoms with Gasteiger partial charge in [-0.05, 0) is 12.1 Å². The molecule has 10 nitrogen and oxygen atoms in total. The molecule has 0 bridgehead atoms. The first-order chi connectivity index (χ1) is 11.8. The summed E-state index contributed by atoms with van der Waals surface area (Å²) in [6.07, 6.45) is 0.595. The zero-order chi connectivity index (χ0) is 18.6. The van der Waals surface area contributed by atoms with E-state index in [0.29, 0.717) is 12.2 Å². The van der Waals surface area contributed by atoms with Gasteiger partial charge >= 0.3 is 12.0 Å². The molecule has 0 fully saturated rings. The highest BCUT2D eigenvalue weighted by molar-refractivity contribution is 7.90. The Balaban J connectivity index is 2.21. The predicted molar refractivity (Wildman–Crippen MR) is 87.5 cm³/mol. The minimum Gasteiger partial charge on any atom is -0.465 e. The van der Waals surface area contributed by atoms with Gasteiger partial charge in [0, 0.05) is 13.5 Å². The normalized spacial score (nSPS) is 11.0. The molecule has 0 atom stereocenters. The van der Waals surface area contributed by atoms with Crippen LogP contribution >= 0.6 is 0 Å². The second kappa shape index (κ2) is 7.30. The molecule has 0 saturated heterocycles. The lowest BCUT2D eigenvalue weighted by Crippen LogP contribution is -2.35. The third-order valence-corrected chi connectivity index (χ3v) is 4.59. The molecule has 0 aliphatic carbocycles. The van der Waals surface area contributed by atoms with E-state index >= 15 is 0 Å². The van der Waals surface area contributed by atoms with Crippen LogP contribution in [-0.2, 0) is 28.2 Å². The van der Waals surface area contributed by atoms with Crippen molar-refractivity contribution >= 4 is 28.0 Å². The Labute approximate surface area is 144 Å². The van der Waals surface area contributed by atoms with E-state index in [4.69, 9.17) is 0 Å². The summed E-state index contributed by atoms with van der Waals surface area (Å²) in [4.78, 5) is 27.3. The monoisotopic (exact) mass is 367 g/mol. The van der Waals surface area contributed by atoms with E-state index in [9.17, 15) is 18.0 Å². The molecule has 25 heavy (non-hydrogen) atoms. The first-order valence-corrected chi connectivity index (χ1v) is 8.68. The van der Waals surface area contributed by atoms with Crippen molar-refractivity contribution in [3.63, 3.8) is 0 Å². The molecule has 0 spiro atoms. The van der Waals surface area contributed by atoms with Crippen LogP contribution in [0.1, 0.15) is 23.1 Å². The van der Waals surface area contributed by atoms with E-state index in [-0.39, 0.29) is 16.4 Å². The van der Waals surface area contributed by atoms with Gasteiger partial charge < -0.3 is 4.74 Å². The maximum Gasteiger partial charge on any atom is 0.339 e. The van der Waals surface area contributed by atoms with Gasteiger partial charge in [-0.1, -0.05) is 19.1 Å². The highest BCUT2D eigenvalue weighted by atomic mass is 32.2. The number of ether oxygens (including phenoxy) is 1. The molecule has 2 aromatic rings. The lowest BCUT2D eigenvalue weighted by Gasteiger charge is -2.10. The third kappa shape index (κ3) is 4.12. The van der Waals surface area contributed by atoms with Gasteiger partial charge in [0.2, 0.25) is 5.95 Å². The molecule has 0 radical (unpaired) electrons. The molecular formula is C14H17N5O5S. The van der Waals surface area contributed by atoms with Crippen LogP contribution in [0.3, 0.4) is 0 Å². The molecule has 2 N–H and O–H groups in total. The number of amides is 2. The first-order valence-electron chi connectivity index (χ1n) is 7.19. The van der Waals surface area contributed by atoms with E-state index in [1.165, 1.54) is 28.9 Å². The first kappa shape index (κ1) is 18.4. The Morgan fingerprint density at radius 3 is 2.56 bits per heavy atom. The lowest BCUT2D eigenvalue weighted by atomic mass is 10.2. The molecule has 1 aromatic heterocycles. The fraction of sp³-hybridized carbons (Fsp3) is 0.286. The van der Waals surface area contributed by atoms with E-state index in [1.54, 1.807) is 7.05 Å². The number of rotatable bonds is 5. The number of hydrogen-bond acceptors (Lipinski definition) is 7. The van der Waals surface area contributed by atoms with Crippen LogP contribution in [0.4, 0.5) is 10.7 Å². The number of anilines is 1. The standard InChI is InChI=1S/C14H17N5O5S/c1-4-11-15-13(17-19(11)2)16-14(21)18-25(22,23)10-8-6-5-7-9(10)12(20)24-3/h5-8H,4H2,1-3H3,(H2,16,17,18,21). The summed E-state index contributed by atoms with van der Waals surface area (Å²) in [6.45, 7) is 1.86. The fourth-order valence-electron chi connectivity index (χ4n) is 2.06. The Morgan fingerprint density at radius 2 is 1.96 bits per heavy atom. The number of urea groups is 1. The summed E-state index contributed by atoms with van der Waals surface area (Å²) in [7, 11) is -1.52. The van der Waals surface area contributed by atoms with Gasteiger partial charge in [0.15, 0.2) is 0 Å². The quantitative estimate of drug-likeness (QED) is 0.742. The van der Waals surface area contributed by atoms with Gasteiger partial charge in [-0.15, -0.1) is 5.10 Å². The molecule has 1 aromatic carbocycles. The number of nitrogens with one attached hydrogen (secondary N) is 2. The van der Waals surface area contributed by atoms with Gasteiger partial charge in [0.25, 0.3) is 10.0 Å². The van der Waals surface area contributed by atoms with Crippen LogP contribution in [-0.4, -0.2) is 42.3 Å². The van der Waals surface area contributed by atoms with Crippen LogP contribution < -0.4 is 10.0 Å². The lowest BCUT2D eigenvalue weighted by molar-refractivity contribution is 0.0596. The largest absolute Gasteiger partial charge is 0.465 e. The predicted octanol–water partition coefficient (Wildman–Crippen LogP) is 0.674. The van der Waals surface area contributed by atoms with Crippen LogP contribution in [0, 0.1) is 0 Å². The number of aromatic nitrogens is 3. The second-order valence-corrected chi connectivity index (χ2v) is 6.53. The van der Waals surface area contributed by atoms with Gasteiger partial charge in [-0.25, -0.2) is 22.7 Å². The van der Waals surface area contributed by atoms with Crippen LogP contribution in [0.5, 0.6) is 0 Å². The van der Waals surface area contributed by atoms with Crippen molar-refractivity contribution in [2.75, 3.05) is 12.4 Å². The smallest absolute Gasteiger partial charge is 0.339 e. The maximum atomic E-state index is 12.4.